The summed E-state index contributed by atoms with van der Waals surface area (Å²) in [6.45, 7) is 6.69. The lowest BCUT2D eigenvalue weighted by Gasteiger charge is -2.25. The number of carbonyl (C=O) groups is 1. The maximum Gasteiger partial charge on any atom is 0.341 e. The predicted octanol–water partition coefficient (Wildman–Crippen LogP) is 2.86. The normalized spacial score (nSPS) is 21.4. The van der Waals surface area contributed by atoms with Gasteiger partial charge in [-0.25, -0.2) is 9.18 Å². The summed E-state index contributed by atoms with van der Waals surface area (Å²) in [6, 6.07) is 3.12. The molecule has 1 aromatic heterocycles. The van der Waals surface area contributed by atoms with Crippen LogP contribution in [0, 0.1) is 17.2 Å². The van der Waals surface area contributed by atoms with E-state index in [1.54, 1.807) is 6.07 Å². The topological polar surface area (TPSA) is 74.6 Å². The van der Waals surface area contributed by atoms with Gasteiger partial charge in [0.15, 0.2) is 0 Å². The summed E-state index contributed by atoms with van der Waals surface area (Å²) in [5, 5.41) is 12.7. The second-order valence-corrected chi connectivity index (χ2v) is 8.76. The highest BCUT2D eigenvalue weighted by Crippen LogP contribution is 2.41. The highest BCUT2D eigenvalue weighted by Gasteiger charge is 2.40. The van der Waals surface area contributed by atoms with Crippen molar-refractivity contribution in [2.45, 2.75) is 32.7 Å². The molecule has 150 valence electrons. The molecule has 4 rings (SSSR count). The van der Waals surface area contributed by atoms with E-state index >= 15 is 4.39 Å². The number of pyridine rings is 1. The van der Waals surface area contributed by atoms with Gasteiger partial charge in [0.25, 0.3) is 0 Å². The Morgan fingerprint density at radius 1 is 1.36 bits per heavy atom. The number of fused-ring (bicyclic) bond motifs is 1. The molecule has 6 nitrogen and oxygen atoms in total. The zero-order valence-electron chi connectivity index (χ0n) is 16.5. The van der Waals surface area contributed by atoms with Crippen LogP contribution in [-0.2, 0) is 0 Å². The van der Waals surface area contributed by atoms with Crippen molar-refractivity contribution in [2.75, 3.05) is 31.6 Å². The van der Waals surface area contributed by atoms with Crippen LogP contribution in [0.2, 0.25) is 0 Å². The minimum Gasteiger partial charge on any atom is -0.477 e. The lowest BCUT2D eigenvalue weighted by Crippen LogP contribution is -2.30. The van der Waals surface area contributed by atoms with Crippen LogP contribution in [0.4, 0.5) is 10.1 Å². The average molecular weight is 387 g/mol. The van der Waals surface area contributed by atoms with Gasteiger partial charge < -0.3 is 19.9 Å². The van der Waals surface area contributed by atoms with Gasteiger partial charge in [-0.05, 0) is 49.9 Å². The third kappa shape index (κ3) is 3.07. The fourth-order valence-corrected chi connectivity index (χ4v) is 4.38. The number of halogens is 1. The van der Waals surface area contributed by atoms with Crippen LogP contribution in [0.1, 0.15) is 43.1 Å². The second-order valence-electron chi connectivity index (χ2n) is 8.76. The summed E-state index contributed by atoms with van der Waals surface area (Å²) in [5.74, 6) is -1.37. The fourth-order valence-electron chi connectivity index (χ4n) is 4.38. The molecule has 1 saturated carbocycles. The van der Waals surface area contributed by atoms with Gasteiger partial charge in [-0.2, -0.15) is 0 Å². The van der Waals surface area contributed by atoms with Crippen LogP contribution in [0.25, 0.3) is 10.9 Å². The molecule has 28 heavy (non-hydrogen) atoms. The number of anilines is 1. The molecule has 2 N–H and O–H groups in total. The van der Waals surface area contributed by atoms with E-state index < -0.39 is 17.2 Å². The summed E-state index contributed by atoms with van der Waals surface area (Å²) in [5.41, 5.74) is 0.204. The standard InChI is InChI=1S/C21H26FN3O3/c1-21(2)11-24(9-12(21)8-23-3)18-7-17-14(6-16(18)22)19(26)15(20(27)28)10-25(17)13-4-5-13/h6-7,10,12-13,23H,4-5,8-9,11H2,1-3H3,(H,27,28). The molecule has 0 bridgehead atoms. The number of nitrogens with one attached hydrogen (secondary N) is 1. The zero-order valence-corrected chi connectivity index (χ0v) is 16.5. The number of hydrogen-bond donors (Lipinski definition) is 2. The monoisotopic (exact) mass is 387 g/mol. The summed E-state index contributed by atoms with van der Waals surface area (Å²) >= 11 is 0. The van der Waals surface area contributed by atoms with E-state index in [9.17, 15) is 14.7 Å². The molecule has 0 amide bonds. The van der Waals surface area contributed by atoms with Gasteiger partial charge in [0.1, 0.15) is 11.4 Å². The van der Waals surface area contributed by atoms with E-state index in [1.165, 1.54) is 12.3 Å². The van der Waals surface area contributed by atoms with E-state index in [0.29, 0.717) is 17.1 Å². The number of aromatic nitrogens is 1. The Kier molecular flexibility index (Phi) is 4.45. The summed E-state index contributed by atoms with van der Waals surface area (Å²) < 4.78 is 16.9. The molecule has 1 aliphatic heterocycles. The van der Waals surface area contributed by atoms with Crippen LogP contribution in [0.3, 0.4) is 0 Å². The van der Waals surface area contributed by atoms with E-state index in [-0.39, 0.29) is 22.4 Å². The quantitative estimate of drug-likeness (QED) is 0.825. The van der Waals surface area contributed by atoms with Crippen molar-refractivity contribution >= 4 is 22.6 Å². The predicted molar refractivity (Wildman–Crippen MR) is 107 cm³/mol. The Morgan fingerprint density at radius 2 is 2.07 bits per heavy atom. The molecule has 0 spiro atoms. The molecule has 1 saturated heterocycles. The lowest BCUT2D eigenvalue weighted by atomic mass is 9.82. The average Bonchev–Trinajstić information content (AvgIpc) is 3.41. The molecule has 1 aromatic carbocycles. The molecular weight excluding hydrogens is 361 g/mol. The highest BCUT2D eigenvalue weighted by atomic mass is 19.1. The third-order valence-corrected chi connectivity index (χ3v) is 6.21. The largest absolute Gasteiger partial charge is 0.477 e. The van der Waals surface area contributed by atoms with Gasteiger partial charge in [-0.3, -0.25) is 4.79 Å². The maximum absolute atomic E-state index is 15.0. The van der Waals surface area contributed by atoms with E-state index in [1.807, 2.05) is 16.5 Å². The van der Waals surface area contributed by atoms with E-state index in [2.05, 4.69) is 19.2 Å². The zero-order chi connectivity index (χ0) is 20.2. The van der Waals surface area contributed by atoms with E-state index in [0.717, 1.165) is 32.5 Å². The highest BCUT2D eigenvalue weighted by molar-refractivity contribution is 5.93. The molecule has 1 aliphatic carbocycles. The molecule has 1 atom stereocenters. The first-order valence-electron chi connectivity index (χ1n) is 9.74. The number of nitrogens with zero attached hydrogens (tertiary/aromatic N) is 2. The summed E-state index contributed by atoms with van der Waals surface area (Å²) in [4.78, 5) is 26.1. The van der Waals surface area contributed by atoms with E-state index in [4.69, 9.17) is 0 Å². The molecule has 1 unspecified atom stereocenters. The fraction of sp³-hybridized carbons (Fsp3) is 0.524. The molecule has 0 radical (unpaired) electrons. The number of aromatic carboxylic acids is 1. The van der Waals surface area contributed by atoms with Crippen molar-refractivity contribution < 1.29 is 14.3 Å². The number of rotatable bonds is 5. The number of carboxylic acid groups (broad SMARTS) is 1. The van der Waals surface area contributed by atoms with Crippen molar-refractivity contribution in [3.8, 4) is 0 Å². The Balaban J connectivity index is 1.85. The Hall–Kier alpha value is -2.41. The SMILES string of the molecule is CNCC1CN(c2cc3c(cc2F)c(=O)c(C(=O)O)cn3C2CC2)CC1(C)C. The van der Waals surface area contributed by atoms with Crippen LogP contribution in [0.15, 0.2) is 23.1 Å². The summed E-state index contributed by atoms with van der Waals surface area (Å²) in [7, 11) is 1.92. The van der Waals surface area contributed by atoms with Crippen LogP contribution in [0.5, 0.6) is 0 Å². The number of benzene rings is 1. The van der Waals surface area contributed by atoms with Gasteiger partial charge in [0.05, 0.1) is 11.2 Å². The molecule has 2 aromatic rings. The molecular formula is C21H26FN3O3. The first-order valence-corrected chi connectivity index (χ1v) is 9.74. The van der Waals surface area contributed by atoms with Gasteiger partial charge in [-0.15, -0.1) is 0 Å². The number of hydrogen-bond acceptors (Lipinski definition) is 4. The summed E-state index contributed by atoms with van der Waals surface area (Å²) in [6.07, 6.45) is 3.29. The van der Waals surface area contributed by atoms with Crippen molar-refractivity contribution in [3.63, 3.8) is 0 Å². The van der Waals surface area contributed by atoms with Crippen molar-refractivity contribution in [3.05, 3.63) is 39.9 Å². The van der Waals surface area contributed by atoms with Gasteiger partial charge in [0.2, 0.25) is 5.43 Å². The first kappa shape index (κ1) is 18.9. The minimum atomic E-state index is -1.28. The number of carboxylic acids is 1. The van der Waals surface area contributed by atoms with Gasteiger partial charge in [0, 0.05) is 30.7 Å². The molecule has 2 heterocycles. The molecule has 2 aliphatic rings. The second kappa shape index (κ2) is 6.58. The van der Waals surface area contributed by atoms with Crippen LogP contribution >= 0.6 is 0 Å². The van der Waals surface area contributed by atoms with Crippen molar-refractivity contribution in [1.82, 2.24) is 9.88 Å². The van der Waals surface area contributed by atoms with Crippen molar-refractivity contribution in [1.29, 1.82) is 0 Å². The molecule has 2 fully saturated rings. The van der Waals surface area contributed by atoms with Crippen LogP contribution in [-0.4, -0.2) is 42.3 Å². The van der Waals surface area contributed by atoms with Crippen LogP contribution < -0.4 is 15.6 Å². The van der Waals surface area contributed by atoms with Crippen molar-refractivity contribution in [2.24, 2.45) is 11.3 Å². The van der Waals surface area contributed by atoms with Gasteiger partial charge in [-0.1, -0.05) is 13.8 Å². The third-order valence-electron chi connectivity index (χ3n) is 6.21. The first-order chi connectivity index (χ1) is 13.2. The minimum absolute atomic E-state index is 0.0354. The lowest BCUT2D eigenvalue weighted by molar-refractivity contribution is 0.0695. The Labute approximate surface area is 163 Å². The molecule has 7 heteroatoms. The Morgan fingerprint density at radius 3 is 2.68 bits per heavy atom. The smallest absolute Gasteiger partial charge is 0.341 e. The Bertz CT molecular complexity index is 1010. The maximum atomic E-state index is 15.0. The van der Waals surface area contributed by atoms with Gasteiger partial charge >= 0.3 is 5.97 Å².